The van der Waals surface area contributed by atoms with Crippen molar-refractivity contribution in [2.24, 2.45) is 0 Å². The van der Waals surface area contributed by atoms with Crippen molar-refractivity contribution in [3.05, 3.63) is 41.7 Å². The second-order valence-electron chi connectivity index (χ2n) is 3.29. The normalized spacial score (nSPS) is 8.59. The van der Waals surface area contributed by atoms with Crippen molar-refractivity contribution < 1.29 is 0 Å². The maximum Gasteiger partial charge on any atom is 0.0565 e. The van der Waals surface area contributed by atoms with E-state index in [2.05, 4.69) is 42.2 Å². The molecule has 0 radical (unpaired) electrons. The number of hydrogen-bond acceptors (Lipinski definition) is 1. The number of rotatable bonds is 1. The summed E-state index contributed by atoms with van der Waals surface area (Å²) in [4.78, 5) is 0. The van der Waals surface area contributed by atoms with E-state index < -0.39 is 0 Å². The highest BCUT2D eigenvalue weighted by Gasteiger charge is 1.99. The molecule has 0 saturated heterocycles. The third-order valence-electron chi connectivity index (χ3n) is 2.34. The Hall–Kier alpha value is -1.57. The van der Waals surface area contributed by atoms with Gasteiger partial charge in [0.15, 0.2) is 0 Å². The van der Waals surface area contributed by atoms with Crippen molar-refractivity contribution >= 4 is 0 Å². The Bertz CT molecular complexity index is 403. The third-order valence-corrected chi connectivity index (χ3v) is 2.34. The smallest absolute Gasteiger partial charge is 0.0565 e. The van der Waals surface area contributed by atoms with Crippen LogP contribution >= 0.6 is 0 Å². The first kappa shape index (κ1) is 15.4. The molecule has 94 valence electrons. The number of nitrogens with zero attached hydrogens (tertiary/aromatic N) is 1. The molecule has 2 aromatic rings. The van der Waals surface area contributed by atoms with Gasteiger partial charge in [0.2, 0.25) is 0 Å². The lowest BCUT2D eigenvalue weighted by Crippen LogP contribution is -1.81. The number of H-pyrrole nitrogens is 1. The second kappa shape index (κ2) is 8.57. The summed E-state index contributed by atoms with van der Waals surface area (Å²) in [5, 5.41) is 6.74. The Morgan fingerprint density at radius 3 is 2.00 bits per heavy atom. The highest BCUT2D eigenvalue weighted by molar-refractivity contribution is 5.63. The van der Waals surface area contributed by atoms with Gasteiger partial charge in [-0.05, 0) is 30.5 Å². The predicted octanol–water partition coefficient (Wildman–Crippen LogP) is 4.75. The molecule has 0 unspecified atom stereocenters. The lowest BCUT2D eigenvalue weighted by molar-refractivity contribution is 1.09. The second-order valence-corrected chi connectivity index (χ2v) is 3.29. The summed E-state index contributed by atoms with van der Waals surface area (Å²) in [7, 11) is 0. The quantitative estimate of drug-likeness (QED) is 0.755. The molecule has 2 rings (SSSR count). The first-order valence-electron chi connectivity index (χ1n) is 6.34. The van der Waals surface area contributed by atoms with Gasteiger partial charge >= 0.3 is 0 Å². The van der Waals surface area contributed by atoms with Crippen LogP contribution in [0.2, 0.25) is 0 Å². The Labute approximate surface area is 105 Å². The summed E-state index contributed by atoms with van der Waals surface area (Å²) < 4.78 is 0. The molecule has 0 aliphatic carbocycles. The van der Waals surface area contributed by atoms with Crippen LogP contribution in [0.4, 0.5) is 0 Å². The summed E-state index contributed by atoms with van der Waals surface area (Å²) in [6.07, 6.45) is 3.74. The summed E-state index contributed by atoms with van der Waals surface area (Å²) in [6.45, 7) is 12.2. The molecule has 1 aromatic heterocycles. The first-order valence-corrected chi connectivity index (χ1v) is 6.34. The minimum atomic E-state index is 1.14. The monoisotopic (exact) mass is 232 g/mol. The van der Waals surface area contributed by atoms with E-state index in [1.165, 1.54) is 16.7 Å². The van der Waals surface area contributed by atoms with E-state index in [4.69, 9.17) is 0 Å². The van der Waals surface area contributed by atoms with Crippen molar-refractivity contribution in [3.8, 4) is 11.1 Å². The molecule has 1 N–H and O–H groups in total. The summed E-state index contributed by atoms with van der Waals surface area (Å²) in [6, 6.07) is 6.44. The Morgan fingerprint density at radius 1 is 0.882 bits per heavy atom. The topological polar surface area (TPSA) is 28.7 Å². The molecule has 0 aliphatic heterocycles. The van der Waals surface area contributed by atoms with Crippen LogP contribution in [0.5, 0.6) is 0 Å². The average molecular weight is 232 g/mol. The van der Waals surface area contributed by atoms with Gasteiger partial charge in [-0.1, -0.05) is 45.9 Å². The van der Waals surface area contributed by atoms with Crippen LogP contribution in [0.3, 0.4) is 0 Å². The molecular weight excluding hydrogens is 208 g/mol. The highest BCUT2D eigenvalue weighted by Crippen LogP contribution is 2.20. The zero-order valence-corrected chi connectivity index (χ0v) is 11.8. The summed E-state index contributed by atoms with van der Waals surface area (Å²) >= 11 is 0. The maximum atomic E-state index is 3.93. The van der Waals surface area contributed by atoms with Gasteiger partial charge in [0.1, 0.15) is 0 Å². The average Bonchev–Trinajstić information content (AvgIpc) is 2.91. The summed E-state index contributed by atoms with van der Waals surface area (Å²) in [5.74, 6) is 0. The van der Waals surface area contributed by atoms with Crippen molar-refractivity contribution in [1.82, 2.24) is 10.2 Å². The molecule has 0 fully saturated rings. The molecule has 0 saturated carbocycles. The SMILES string of the molecule is CC.CC.Cc1ccc(-c2cn[nH]c2)cc1C. The Balaban J connectivity index is 0.000000581. The fraction of sp³-hybridized carbons (Fsp3) is 0.400. The molecule has 2 heteroatoms. The molecule has 0 aliphatic rings. The largest absolute Gasteiger partial charge is 0.285 e. The van der Waals surface area contributed by atoms with Crippen LogP contribution in [-0.2, 0) is 0 Å². The van der Waals surface area contributed by atoms with Crippen molar-refractivity contribution in [1.29, 1.82) is 0 Å². The standard InChI is InChI=1S/C11H12N2.2C2H6/c1-8-3-4-10(5-9(8)2)11-6-12-13-7-11;2*1-2/h3-7H,1-2H3,(H,12,13);2*1-2H3. The molecule has 0 atom stereocenters. The number of aromatic nitrogens is 2. The third kappa shape index (κ3) is 4.43. The van der Waals surface area contributed by atoms with Gasteiger partial charge in [0.25, 0.3) is 0 Å². The Kier molecular flexibility index (Phi) is 7.78. The van der Waals surface area contributed by atoms with E-state index in [0.29, 0.717) is 0 Å². The zero-order chi connectivity index (χ0) is 13.3. The van der Waals surface area contributed by atoms with Gasteiger partial charge in [0, 0.05) is 11.8 Å². The fourth-order valence-electron chi connectivity index (χ4n) is 1.33. The van der Waals surface area contributed by atoms with Crippen LogP contribution in [0.25, 0.3) is 11.1 Å². The van der Waals surface area contributed by atoms with Gasteiger partial charge in [-0.2, -0.15) is 5.10 Å². The van der Waals surface area contributed by atoms with E-state index in [1.807, 2.05) is 40.1 Å². The van der Waals surface area contributed by atoms with Crippen molar-refractivity contribution in [3.63, 3.8) is 0 Å². The van der Waals surface area contributed by atoms with Gasteiger partial charge in [-0.15, -0.1) is 0 Å². The first-order chi connectivity index (χ1) is 8.27. The van der Waals surface area contributed by atoms with E-state index >= 15 is 0 Å². The van der Waals surface area contributed by atoms with E-state index in [1.54, 1.807) is 0 Å². The molecule has 2 nitrogen and oxygen atoms in total. The van der Waals surface area contributed by atoms with Crippen molar-refractivity contribution in [2.75, 3.05) is 0 Å². The number of aryl methyl sites for hydroxylation is 2. The minimum Gasteiger partial charge on any atom is -0.285 e. The van der Waals surface area contributed by atoms with Crippen LogP contribution in [0.1, 0.15) is 38.8 Å². The molecule has 17 heavy (non-hydrogen) atoms. The lowest BCUT2D eigenvalue weighted by Gasteiger charge is -2.02. The zero-order valence-electron chi connectivity index (χ0n) is 11.8. The molecule has 0 spiro atoms. The predicted molar refractivity (Wildman–Crippen MR) is 76.2 cm³/mol. The lowest BCUT2D eigenvalue weighted by atomic mass is 10.0. The molecular formula is C15H24N2. The Morgan fingerprint density at radius 2 is 1.53 bits per heavy atom. The maximum absolute atomic E-state index is 3.93. The highest BCUT2D eigenvalue weighted by atomic mass is 15.1. The van der Waals surface area contributed by atoms with Crippen LogP contribution < -0.4 is 0 Å². The number of benzene rings is 1. The molecule has 0 amide bonds. The minimum absolute atomic E-state index is 1.14. The molecule has 1 heterocycles. The number of aromatic amines is 1. The van der Waals surface area contributed by atoms with Gasteiger partial charge in [-0.25, -0.2) is 0 Å². The van der Waals surface area contributed by atoms with Crippen LogP contribution in [-0.4, -0.2) is 10.2 Å². The summed E-state index contributed by atoms with van der Waals surface area (Å²) in [5.41, 5.74) is 5.01. The fourth-order valence-corrected chi connectivity index (χ4v) is 1.33. The van der Waals surface area contributed by atoms with E-state index in [9.17, 15) is 0 Å². The molecule has 0 bridgehead atoms. The van der Waals surface area contributed by atoms with Crippen molar-refractivity contribution in [2.45, 2.75) is 41.5 Å². The van der Waals surface area contributed by atoms with Gasteiger partial charge in [-0.3, -0.25) is 5.10 Å². The number of nitrogens with one attached hydrogen (secondary N) is 1. The number of hydrogen-bond donors (Lipinski definition) is 1. The van der Waals surface area contributed by atoms with Crippen LogP contribution in [0.15, 0.2) is 30.6 Å². The van der Waals surface area contributed by atoms with E-state index in [-0.39, 0.29) is 0 Å². The van der Waals surface area contributed by atoms with Crippen LogP contribution in [0, 0.1) is 13.8 Å². The van der Waals surface area contributed by atoms with Gasteiger partial charge < -0.3 is 0 Å². The molecule has 1 aromatic carbocycles. The van der Waals surface area contributed by atoms with E-state index in [0.717, 1.165) is 5.56 Å². The van der Waals surface area contributed by atoms with Gasteiger partial charge in [0.05, 0.1) is 6.20 Å².